The van der Waals surface area contributed by atoms with Gasteiger partial charge in [0.15, 0.2) is 5.78 Å². The molecule has 0 N–H and O–H groups in total. The fourth-order valence-corrected chi connectivity index (χ4v) is 4.38. The van der Waals surface area contributed by atoms with Crippen LogP contribution in [0.5, 0.6) is 0 Å². The molecule has 3 aromatic rings. The Hall–Kier alpha value is -3.83. The normalized spacial score (nSPS) is 14.8. The van der Waals surface area contributed by atoms with Crippen molar-refractivity contribution in [3.63, 3.8) is 0 Å². The summed E-state index contributed by atoms with van der Waals surface area (Å²) in [7, 11) is -1.60. The van der Waals surface area contributed by atoms with Gasteiger partial charge in [-0.2, -0.15) is 0 Å². The van der Waals surface area contributed by atoms with Gasteiger partial charge in [0.2, 0.25) is 0 Å². The van der Waals surface area contributed by atoms with E-state index < -0.39 is 19.0 Å². The number of Topliss-reactive ketones (excluding diaryl/α,β-unsaturated/α-hetero) is 1. The summed E-state index contributed by atoms with van der Waals surface area (Å²) in [5.74, 6) is 3.11. The largest absolute Gasteiger partial charge is 0.300 e. The van der Waals surface area contributed by atoms with E-state index in [1.54, 1.807) is 24.5 Å². The van der Waals surface area contributed by atoms with Crippen LogP contribution in [-0.2, 0) is 0 Å². The van der Waals surface area contributed by atoms with Crippen LogP contribution in [0.1, 0.15) is 52.8 Å². The van der Waals surface area contributed by atoms with Gasteiger partial charge in [-0.1, -0.05) is 37.7 Å². The van der Waals surface area contributed by atoms with Crippen molar-refractivity contribution in [2.75, 3.05) is 0 Å². The summed E-state index contributed by atoms with van der Waals surface area (Å²) in [6.45, 7) is 9.86. The van der Waals surface area contributed by atoms with Crippen LogP contribution in [0.3, 0.4) is 0 Å². The van der Waals surface area contributed by atoms with Gasteiger partial charge in [0.25, 0.3) is 5.69 Å². The van der Waals surface area contributed by atoms with Gasteiger partial charge in [0.05, 0.1) is 33.6 Å². The lowest BCUT2D eigenvalue weighted by molar-refractivity contribution is -0.385. The van der Waals surface area contributed by atoms with E-state index in [4.69, 9.17) is 4.99 Å². The molecule has 0 fully saturated rings. The van der Waals surface area contributed by atoms with Crippen LogP contribution >= 0.6 is 0 Å². The number of nitro groups is 1. The third-order valence-electron chi connectivity index (χ3n) is 5.31. The summed E-state index contributed by atoms with van der Waals surface area (Å²) in [6.07, 6.45) is 1.62. The van der Waals surface area contributed by atoms with E-state index in [0.717, 1.165) is 11.3 Å². The average Bonchev–Trinajstić information content (AvgIpc) is 3.16. The highest BCUT2D eigenvalue weighted by molar-refractivity contribution is 6.83. The lowest BCUT2D eigenvalue weighted by Crippen LogP contribution is -2.16. The summed E-state index contributed by atoms with van der Waals surface area (Å²) in [6, 6.07) is 11.9. The number of rotatable bonds is 3. The predicted octanol–water partition coefficient (Wildman–Crippen LogP) is 5.12. The van der Waals surface area contributed by atoms with E-state index in [1.807, 2.05) is 29.7 Å². The van der Waals surface area contributed by atoms with Crippen molar-refractivity contribution < 1.29 is 9.72 Å². The van der Waals surface area contributed by atoms with Gasteiger partial charge in [0, 0.05) is 24.1 Å². The molecule has 0 spiro atoms. The highest BCUT2D eigenvalue weighted by Gasteiger charge is 2.30. The maximum atomic E-state index is 12.2. The molecule has 1 aromatic heterocycles. The summed E-state index contributed by atoms with van der Waals surface area (Å²) < 4.78 is 1.86. The number of fused-ring (bicyclic) bond motifs is 3. The molecular formula is C25H24N4O3Si. The Kier molecular flexibility index (Phi) is 5.60. The Bertz CT molecular complexity index is 1390. The second kappa shape index (κ2) is 8.26. The molecule has 2 aromatic carbocycles. The number of aromatic nitrogens is 2. The average molecular weight is 457 g/mol. The Balaban J connectivity index is 2.04. The molecule has 0 saturated heterocycles. The zero-order valence-corrected chi connectivity index (χ0v) is 20.2. The third-order valence-corrected chi connectivity index (χ3v) is 6.18. The summed E-state index contributed by atoms with van der Waals surface area (Å²) in [5, 5.41) is 11.8. The summed E-state index contributed by atoms with van der Waals surface area (Å²) in [4.78, 5) is 32.9. The minimum atomic E-state index is -1.60. The Labute approximate surface area is 193 Å². The van der Waals surface area contributed by atoms with Crippen molar-refractivity contribution in [2.45, 2.75) is 39.5 Å². The molecule has 1 aliphatic heterocycles. The van der Waals surface area contributed by atoms with Crippen LogP contribution in [0.4, 0.5) is 5.69 Å². The molecular weight excluding hydrogens is 432 g/mol. The molecule has 1 aliphatic rings. The molecule has 2 heterocycles. The Morgan fingerprint density at radius 3 is 2.55 bits per heavy atom. The first-order valence-corrected chi connectivity index (χ1v) is 14.1. The van der Waals surface area contributed by atoms with Crippen LogP contribution in [0.2, 0.25) is 19.6 Å². The fourth-order valence-electron chi connectivity index (χ4n) is 3.87. The lowest BCUT2D eigenvalue weighted by atomic mass is 9.97. The van der Waals surface area contributed by atoms with Crippen LogP contribution in [-0.4, -0.2) is 34.0 Å². The zero-order chi connectivity index (χ0) is 23.9. The van der Waals surface area contributed by atoms with Gasteiger partial charge < -0.3 is 0 Å². The van der Waals surface area contributed by atoms with E-state index in [1.165, 1.54) is 13.0 Å². The molecule has 0 bridgehead atoms. The van der Waals surface area contributed by atoms with Crippen molar-refractivity contribution in [1.82, 2.24) is 9.55 Å². The number of imidazole rings is 1. The van der Waals surface area contributed by atoms with E-state index in [-0.39, 0.29) is 11.5 Å². The molecule has 4 rings (SSSR count). The minimum absolute atomic E-state index is 0.0236. The Morgan fingerprint density at radius 1 is 1.15 bits per heavy atom. The zero-order valence-electron chi connectivity index (χ0n) is 19.2. The molecule has 0 radical (unpaired) electrons. The molecule has 33 heavy (non-hydrogen) atoms. The summed E-state index contributed by atoms with van der Waals surface area (Å²) >= 11 is 0. The van der Waals surface area contributed by atoms with Crippen LogP contribution in [0.15, 0.2) is 53.8 Å². The monoisotopic (exact) mass is 456 g/mol. The molecule has 166 valence electrons. The number of carbonyl (C=O) groups is 1. The maximum Gasteiger partial charge on any atom is 0.278 e. The number of ketones is 1. The Morgan fingerprint density at radius 2 is 1.88 bits per heavy atom. The third kappa shape index (κ3) is 4.27. The number of aliphatic imine (C=N–C) groups is 1. The minimum Gasteiger partial charge on any atom is -0.300 e. The molecule has 1 atom stereocenters. The molecule has 7 nitrogen and oxygen atoms in total. The smallest absolute Gasteiger partial charge is 0.278 e. The lowest BCUT2D eigenvalue weighted by Gasteiger charge is -2.13. The van der Waals surface area contributed by atoms with Crippen molar-refractivity contribution in [3.05, 3.63) is 87.0 Å². The van der Waals surface area contributed by atoms with Gasteiger partial charge in [-0.3, -0.25) is 24.5 Å². The van der Waals surface area contributed by atoms with Crippen molar-refractivity contribution in [2.24, 2.45) is 4.99 Å². The fraction of sp³-hybridized carbons (Fsp3) is 0.240. The molecule has 0 unspecified atom stereocenters. The highest BCUT2D eigenvalue weighted by atomic mass is 28.3. The van der Waals surface area contributed by atoms with Gasteiger partial charge in [-0.25, -0.2) is 4.98 Å². The molecule has 0 aliphatic carbocycles. The number of nitro benzene ring substituents is 1. The van der Waals surface area contributed by atoms with Crippen LogP contribution in [0.25, 0.3) is 5.69 Å². The first kappa shape index (κ1) is 22.4. The standard InChI is InChI=1S/C25H24N4O3Si/c1-16-25-23(17(2)30)26-15-28(25)21-11-10-18(12-13-33(3,4)5)14-20(21)24(27-16)19-8-6-7-9-22(19)29(31)32/h6-11,14-16H,1-5H3/t16-/m0/s1. The van der Waals surface area contributed by atoms with Gasteiger partial charge >= 0.3 is 0 Å². The van der Waals surface area contributed by atoms with Gasteiger partial charge in [-0.15, -0.1) is 5.54 Å². The van der Waals surface area contributed by atoms with Crippen LogP contribution in [0, 0.1) is 21.6 Å². The second-order valence-corrected chi connectivity index (χ2v) is 13.8. The van der Waals surface area contributed by atoms with Gasteiger partial charge in [0.1, 0.15) is 20.1 Å². The first-order chi connectivity index (χ1) is 15.6. The number of hydrogen-bond acceptors (Lipinski definition) is 5. The number of benzene rings is 2. The highest BCUT2D eigenvalue weighted by Crippen LogP contribution is 2.34. The number of para-hydroxylation sites is 1. The quantitative estimate of drug-likeness (QED) is 0.180. The van der Waals surface area contributed by atoms with E-state index in [0.29, 0.717) is 28.2 Å². The first-order valence-electron chi connectivity index (χ1n) is 10.6. The SMILES string of the molecule is CC(=O)c1ncn2c1[C@H](C)N=C(c1ccccc1[N+](=O)[O-])c1cc(C#C[Si](C)(C)C)ccc1-2. The van der Waals surface area contributed by atoms with Crippen LogP contribution < -0.4 is 0 Å². The van der Waals surface area contributed by atoms with Gasteiger partial charge in [-0.05, 0) is 31.2 Å². The maximum absolute atomic E-state index is 12.2. The van der Waals surface area contributed by atoms with E-state index in [9.17, 15) is 14.9 Å². The van der Waals surface area contributed by atoms with E-state index in [2.05, 4.69) is 36.1 Å². The predicted molar refractivity (Wildman–Crippen MR) is 131 cm³/mol. The topological polar surface area (TPSA) is 90.4 Å². The van der Waals surface area contributed by atoms with Crippen molar-refractivity contribution in [1.29, 1.82) is 0 Å². The summed E-state index contributed by atoms with van der Waals surface area (Å²) in [5.41, 5.74) is 7.56. The number of carbonyl (C=O) groups excluding carboxylic acids is 1. The number of hydrogen-bond donors (Lipinski definition) is 0. The molecule has 8 heteroatoms. The molecule has 0 saturated carbocycles. The van der Waals surface area contributed by atoms with Crippen molar-refractivity contribution >= 4 is 25.3 Å². The molecule has 0 amide bonds. The number of nitrogens with zero attached hydrogens (tertiary/aromatic N) is 4. The second-order valence-electron chi connectivity index (χ2n) is 9.06. The van der Waals surface area contributed by atoms with E-state index >= 15 is 0 Å². The van der Waals surface area contributed by atoms with Crippen molar-refractivity contribution in [3.8, 4) is 17.2 Å².